The average molecular weight is 867 g/mol. The summed E-state index contributed by atoms with van der Waals surface area (Å²) in [4.78, 5) is 38.0. The molecule has 358 valence electrons. The molecule has 0 aromatic rings. The summed E-state index contributed by atoms with van der Waals surface area (Å²) >= 11 is 0. The first-order chi connectivity index (χ1) is 30.5. The Morgan fingerprint density at radius 3 is 0.984 bits per heavy atom. The molecule has 0 radical (unpaired) electrons. The van der Waals surface area contributed by atoms with Crippen LogP contribution in [0.2, 0.25) is 0 Å². The van der Waals surface area contributed by atoms with E-state index in [2.05, 4.69) is 81.5 Å². The summed E-state index contributed by atoms with van der Waals surface area (Å²) in [6.45, 7) is 6.49. The molecule has 0 saturated carbocycles. The maximum Gasteiger partial charge on any atom is 0.306 e. The second-order valence-corrected chi connectivity index (χ2v) is 17.4. The lowest BCUT2D eigenvalue weighted by molar-refractivity contribution is -0.167. The molecule has 0 saturated heterocycles. The Morgan fingerprint density at radius 2 is 0.629 bits per heavy atom. The number of carbonyl (C=O) groups is 3. The van der Waals surface area contributed by atoms with E-state index in [0.29, 0.717) is 19.3 Å². The van der Waals surface area contributed by atoms with Crippen molar-refractivity contribution in [2.24, 2.45) is 0 Å². The number of allylic oxidation sites excluding steroid dienone is 10. The molecule has 0 aromatic heterocycles. The van der Waals surface area contributed by atoms with Gasteiger partial charge in [0.15, 0.2) is 6.10 Å². The number of unbranched alkanes of at least 4 members (excludes halogenated alkanes) is 26. The summed E-state index contributed by atoms with van der Waals surface area (Å²) < 4.78 is 16.8. The lowest BCUT2D eigenvalue weighted by atomic mass is 10.0. The Kier molecular flexibility index (Phi) is 48.4. The fourth-order valence-corrected chi connectivity index (χ4v) is 7.36. The van der Waals surface area contributed by atoms with E-state index in [4.69, 9.17) is 14.2 Å². The van der Waals surface area contributed by atoms with Gasteiger partial charge < -0.3 is 14.2 Å². The molecule has 6 nitrogen and oxygen atoms in total. The Labute approximate surface area is 383 Å². The standard InChI is InChI=1S/C56H98O6/c1-4-7-10-13-16-19-22-25-27-28-29-32-34-37-40-43-46-49-55(58)61-52-53(51-60-54(57)48-45-42-39-36-33-30-24-21-18-15-12-9-6-3)62-56(59)50-47-44-41-38-35-31-26-23-20-17-14-11-8-5-2/h7,10,16,19,25,27,29,32,37,40,53H,4-6,8-9,11-15,17-18,20-24,26,28,30-31,33-36,38-39,41-52H2,1-3H3/b10-7-,19-16-,27-25-,32-29-,40-37-. The molecule has 0 rings (SSSR count). The molecule has 0 N–H and O–H groups in total. The van der Waals surface area contributed by atoms with E-state index >= 15 is 0 Å². The van der Waals surface area contributed by atoms with E-state index < -0.39 is 6.10 Å². The molecule has 0 heterocycles. The van der Waals surface area contributed by atoms with Crippen molar-refractivity contribution < 1.29 is 28.6 Å². The first-order valence-corrected chi connectivity index (χ1v) is 26.3. The van der Waals surface area contributed by atoms with Crippen molar-refractivity contribution in [2.45, 2.75) is 264 Å². The molecule has 0 spiro atoms. The zero-order chi connectivity index (χ0) is 45.1. The molecule has 1 atom stereocenters. The van der Waals surface area contributed by atoms with E-state index in [1.807, 2.05) is 0 Å². The second kappa shape index (κ2) is 50.8. The third-order valence-electron chi connectivity index (χ3n) is 11.3. The van der Waals surface area contributed by atoms with Gasteiger partial charge in [0.25, 0.3) is 0 Å². The zero-order valence-corrected chi connectivity index (χ0v) is 40.9. The lowest BCUT2D eigenvalue weighted by Crippen LogP contribution is -2.30. The monoisotopic (exact) mass is 867 g/mol. The van der Waals surface area contributed by atoms with Gasteiger partial charge in [-0.3, -0.25) is 14.4 Å². The number of esters is 3. The second-order valence-electron chi connectivity index (χ2n) is 17.4. The zero-order valence-electron chi connectivity index (χ0n) is 40.9. The van der Waals surface area contributed by atoms with Gasteiger partial charge in [-0.25, -0.2) is 0 Å². The van der Waals surface area contributed by atoms with E-state index in [-0.39, 0.29) is 37.5 Å². The van der Waals surface area contributed by atoms with Crippen molar-refractivity contribution in [1.29, 1.82) is 0 Å². The quantitative estimate of drug-likeness (QED) is 0.0262. The Balaban J connectivity index is 4.44. The lowest BCUT2D eigenvalue weighted by Gasteiger charge is -2.18. The maximum absolute atomic E-state index is 12.8. The van der Waals surface area contributed by atoms with Gasteiger partial charge in [-0.05, 0) is 57.8 Å². The number of hydrogen-bond acceptors (Lipinski definition) is 6. The molecular weight excluding hydrogens is 769 g/mol. The molecule has 0 aliphatic rings. The average Bonchev–Trinajstić information content (AvgIpc) is 3.27. The van der Waals surface area contributed by atoms with Crippen LogP contribution in [0, 0.1) is 0 Å². The highest BCUT2D eigenvalue weighted by Gasteiger charge is 2.19. The summed E-state index contributed by atoms with van der Waals surface area (Å²) in [5.41, 5.74) is 0. The molecule has 6 heteroatoms. The third kappa shape index (κ3) is 48.1. The van der Waals surface area contributed by atoms with E-state index in [9.17, 15) is 14.4 Å². The predicted molar refractivity (Wildman–Crippen MR) is 265 cm³/mol. The van der Waals surface area contributed by atoms with Crippen LogP contribution in [0.4, 0.5) is 0 Å². The van der Waals surface area contributed by atoms with Crippen molar-refractivity contribution in [1.82, 2.24) is 0 Å². The Hall–Kier alpha value is -2.89. The van der Waals surface area contributed by atoms with Crippen molar-refractivity contribution in [3.05, 3.63) is 60.8 Å². The van der Waals surface area contributed by atoms with Gasteiger partial charge in [0.2, 0.25) is 0 Å². The molecule has 0 aliphatic carbocycles. The molecule has 0 amide bonds. The first-order valence-electron chi connectivity index (χ1n) is 26.3. The number of carbonyl (C=O) groups excluding carboxylic acids is 3. The Morgan fingerprint density at radius 1 is 0.339 bits per heavy atom. The minimum Gasteiger partial charge on any atom is -0.462 e. The minimum atomic E-state index is -0.792. The van der Waals surface area contributed by atoms with Crippen molar-refractivity contribution in [2.75, 3.05) is 13.2 Å². The highest BCUT2D eigenvalue weighted by Crippen LogP contribution is 2.16. The predicted octanol–water partition coefficient (Wildman–Crippen LogP) is 17.3. The number of ether oxygens (including phenoxy) is 3. The Bertz CT molecular complexity index is 1130. The van der Waals surface area contributed by atoms with Gasteiger partial charge in [-0.2, -0.15) is 0 Å². The fourth-order valence-electron chi connectivity index (χ4n) is 7.36. The summed E-state index contributed by atoms with van der Waals surface area (Å²) in [5, 5.41) is 0. The van der Waals surface area contributed by atoms with E-state index in [1.165, 1.54) is 135 Å². The van der Waals surface area contributed by atoms with Gasteiger partial charge >= 0.3 is 17.9 Å². The van der Waals surface area contributed by atoms with Crippen molar-refractivity contribution >= 4 is 17.9 Å². The molecule has 0 fully saturated rings. The van der Waals surface area contributed by atoms with E-state index in [1.54, 1.807) is 0 Å². The van der Waals surface area contributed by atoms with Crippen LogP contribution in [0.5, 0.6) is 0 Å². The third-order valence-corrected chi connectivity index (χ3v) is 11.3. The van der Waals surface area contributed by atoms with Gasteiger partial charge in [0.05, 0.1) is 0 Å². The molecule has 0 aliphatic heterocycles. The van der Waals surface area contributed by atoms with E-state index in [0.717, 1.165) is 77.0 Å². The summed E-state index contributed by atoms with van der Waals surface area (Å²) in [5.74, 6) is -0.941. The first kappa shape index (κ1) is 59.1. The molecular formula is C56H98O6. The van der Waals surface area contributed by atoms with Crippen LogP contribution in [-0.2, 0) is 28.6 Å². The molecule has 0 aromatic carbocycles. The highest BCUT2D eigenvalue weighted by atomic mass is 16.6. The summed E-state index contributed by atoms with van der Waals surface area (Å²) in [6, 6.07) is 0. The topological polar surface area (TPSA) is 78.9 Å². The van der Waals surface area contributed by atoms with Gasteiger partial charge in [-0.1, -0.05) is 242 Å². The van der Waals surface area contributed by atoms with Crippen LogP contribution in [0.15, 0.2) is 60.8 Å². The van der Waals surface area contributed by atoms with Gasteiger partial charge in [-0.15, -0.1) is 0 Å². The van der Waals surface area contributed by atoms with Crippen LogP contribution >= 0.6 is 0 Å². The van der Waals surface area contributed by atoms with Crippen LogP contribution in [-0.4, -0.2) is 37.2 Å². The van der Waals surface area contributed by atoms with Crippen LogP contribution in [0.25, 0.3) is 0 Å². The molecule has 1 unspecified atom stereocenters. The number of hydrogen-bond donors (Lipinski definition) is 0. The van der Waals surface area contributed by atoms with Crippen molar-refractivity contribution in [3.8, 4) is 0 Å². The minimum absolute atomic E-state index is 0.0882. The number of rotatable bonds is 47. The van der Waals surface area contributed by atoms with Crippen molar-refractivity contribution in [3.63, 3.8) is 0 Å². The highest BCUT2D eigenvalue weighted by molar-refractivity contribution is 5.71. The molecule has 0 bridgehead atoms. The smallest absolute Gasteiger partial charge is 0.306 e. The SMILES string of the molecule is CC/C=C\C/C=C\C/C=C\C/C=C\C/C=C\CCCC(=O)OCC(COC(=O)CCCCCCCCCCCCCCC)OC(=O)CCCCCCCCCCCCCCCC. The van der Waals surface area contributed by atoms with Crippen LogP contribution in [0.3, 0.4) is 0 Å². The fraction of sp³-hybridized carbons (Fsp3) is 0.768. The summed E-state index contributed by atoms with van der Waals surface area (Å²) in [7, 11) is 0. The molecule has 62 heavy (non-hydrogen) atoms. The summed E-state index contributed by atoms with van der Waals surface area (Å²) in [6.07, 6.45) is 62.1. The van der Waals surface area contributed by atoms with Crippen LogP contribution < -0.4 is 0 Å². The normalized spacial score (nSPS) is 12.5. The van der Waals surface area contributed by atoms with Crippen LogP contribution in [0.1, 0.15) is 258 Å². The van der Waals surface area contributed by atoms with Gasteiger partial charge in [0.1, 0.15) is 13.2 Å². The van der Waals surface area contributed by atoms with Gasteiger partial charge in [0, 0.05) is 19.3 Å². The largest absolute Gasteiger partial charge is 0.462 e. The maximum atomic E-state index is 12.8.